The van der Waals surface area contributed by atoms with E-state index in [4.69, 9.17) is 0 Å². The van der Waals surface area contributed by atoms with Gasteiger partial charge in [-0.1, -0.05) is 18.2 Å². The summed E-state index contributed by atoms with van der Waals surface area (Å²) in [5, 5.41) is 15.0. The van der Waals surface area contributed by atoms with Gasteiger partial charge in [-0.25, -0.2) is 0 Å². The van der Waals surface area contributed by atoms with Gasteiger partial charge >= 0.3 is 6.18 Å². The van der Waals surface area contributed by atoms with Crippen molar-refractivity contribution >= 4 is 17.5 Å². The summed E-state index contributed by atoms with van der Waals surface area (Å²) in [7, 11) is 0. The Kier molecular flexibility index (Phi) is 5.99. The van der Waals surface area contributed by atoms with Crippen LogP contribution in [0.4, 0.5) is 18.9 Å². The van der Waals surface area contributed by atoms with Crippen molar-refractivity contribution in [3.05, 3.63) is 65.2 Å². The average molecular weight is 366 g/mol. The van der Waals surface area contributed by atoms with E-state index in [0.717, 1.165) is 6.07 Å². The van der Waals surface area contributed by atoms with Crippen LogP contribution in [0.3, 0.4) is 0 Å². The average Bonchev–Trinajstić information content (AvgIpc) is 2.58. The number of carbonyl (C=O) groups is 2. The van der Waals surface area contributed by atoms with E-state index in [2.05, 4.69) is 10.6 Å². The molecule has 1 atom stereocenters. The normalized spacial score (nSPS) is 12.3. The highest BCUT2D eigenvalue weighted by molar-refractivity contribution is 5.95. The van der Waals surface area contributed by atoms with Gasteiger partial charge in [0.15, 0.2) is 0 Å². The summed E-state index contributed by atoms with van der Waals surface area (Å²) in [5.41, 5.74) is -0.494. The predicted molar refractivity (Wildman–Crippen MR) is 89.5 cm³/mol. The van der Waals surface area contributed by atoms with Crippen LogP contribution in [0.2, 0.25) is 0 Å². The van der Waals surface area contributed by atoms with Crippen LogP contribution in [-0.4, -0.2) is 23.5 Å². The number of aliphatic hydroxyl groups excluding tert-OH is 1. The number of benzene rings is 2. The molecule has 0 aliphatic carbocycles. The minimum atomic E-state index is -4.60. The number of hydrogen-bond acceptors (Lipinski definition) is 3. The van der Waals surface area contributed by atoms with Crippen LogP contribution in [0.5, 0.6) is 0 Å². The maximum atomic E-state index is 13.0. The van der Waals surface area contributed by atoms with Gasteiger partial charge in [-0.3, -0.25) is 9.59 Å². The predicted octanol–water partition coefficient (Wildman–Crippen LogP) is 3.13. The number of hydrogen-bond donors (Lipinski definition) is 3. The Hall–Kier alpha value is -2.87. The van der Waals surface area contributed by atoms with E-state index in [1.54, 1.807) is 0 Å². The molecule has 0 saturated heterocycles. The molecule has 0 spiro atoms. The van der Waals surface area contributed by atoms with Crippen LogP contribution in [-0.2, 0) is 11.0 Å². The Morgan fingerprint density at radius 3 is 2.27 bits per heavy atom. The van der Waals surface area contributed by atoms with E-state index in [-0.39, 0.29) is 23.6 Å². The summed E-state index contributed by atoms with van der Waals surface area (Å²) < 4.78 is 38.9. The molecule has 0 aliphatic rings. The third kappa shape index (κ3) is 5.06. The molecule has 0 bridgehead atoms. The van der Waals surface area contributed by atoms with E-state index in [1.165, 1.54) is 49.4 Å². The van der Waals surface area contributed by atoms with Crippen molar-refractivity contribution in [2.45, 2.75) is 19.2 Å². The number of carbonyl (C=O) groups excluding carboxylic acids is 2. The molecule has 3 N–H and O–H groups in total. The minimum Gasteiger partial charge on any atom is -0.387 e. The molecule has 0 heterocycles. The van der Waals surface area contributed by atoms with Gasteiger partial charge in [0.1, 0.15) is 0 Å². The summed E-state index contributed by atoms with van der Waals surface area (Å²) in [5.74, 6) is -0.809. The standard InChI is InChI=1S/C18H17F3N2O3/c1-11(24)23-13-8-6-12(7-9-13)17(26)22-10-16(25)14-4-2-3-5-15(14)18(19,20)21/h2-9,16,25H,10H2,1H3,(H,22,26)(H,23,24)/t16-/m0/s1. The first-order valence-corrected chi connectivity index (χ1v) is 7.68. The lowest BCUT2D eigenvalue weighted by Gasteiger charge is -2.18. The number of nitrogens with one attached hydrogen (secondary N) is 2. The Morgan fingerprint density at radius 1 is 1.08 bits per heavy atom. The fraction of sp³-hybridized carbons (Fsp3) is 0.222. The first-order chi connectivity index (χ1) is 12.2. The first kappa shape index (κ1) is 19.5. The maximum absolute atomic E-state index is 13.0. The maximum Gasteiger partial charge on any atom is 0.416 e. The van der Waals surface area contributed by atoms with E-state index in [1.807, 2.05) is 0 Å². The van der Waals surface area contributed by atoms with Gasteiger partial charge in [-0.15, -0.1) is 0 Å². The Labute approximate surface area is 147 Å². The second-order valence-corrected chi connectivity index (χ2v) is 5.57. The van der Waals surface area contributed by atoms with Gasteiger partial charge < -0.3 is 15.7 Å². The molecule has 0 fully saturated rings. The molecule has 8 heteroatoms. The third-order valence-electron chi connectivity index (χ3n) is 3.55. The van der Waals surface area contributed by atoms with Gasteiger partial charge in [-0.2, -0.15) is 13.2 Å². The molecule has 26 heavy (non-hydrogen) atoms. The summed E-state index contributed by atoms with van der Waals surface area (Å²) in [6.45, 7) is 0.972. The van der Waals surface area contributed by atoms with E-state index in [0.29, 0.717) is 5.69 Å². The zero-order valence-electron chi connectivity index (χ0n) is 13.8. The second kappa shape index (κ2) is 8.01. The van der Waals surface area contributed by atoms with Crippen molar-refractivity contribution < 1.29 is 27.9 Å². The molecule has 0 radical (unpaired) electrons. The largest absolute Gasteiger partial charge is 0.416 e. The van der Waals surface area contributed by atoms with Crippen LogP contribution in [0.25, 0.3) is 0 Å². The van der Waals surface area contributed by atoms with Crippen molar-refractivity contribution in [2.75, 3.05) is 11.9 Å². The highest BCUT2D eigenvalue weighted by Gasteiger charge is 2.34. The lowest BCUT2D eigenvalue weighted by Crippen LogP contribution is -2.29. The van der Waals surface area contributed by atoms with Crippen LogP contribution in [0.1, 0.15) is 34.5 Å². The van der Waals surface area contributed by atoms with E-state index in [9.17, 15) is 27.9 Å². The Bertz CT molecular complexity index is 789. The second-order valence-electron chi connectivity index (χ2n) is 5.57. The minimum absolute atomic E-state index is 0.246. The van der Waals surface area contributed by atoms with Crippen molar-refractivity contribution in [3.8, 4) is 0 Å². The molecular weight excluding hydrogens is 349 g/mol. The highest BCUT2D eigenvalue weighted by Crippen LogP contribution is 2.34. The molecular formula is C18H17F3N2O3. The van der Waals surface area contributed by atoms with Gasteiger partial charge in [0, 0.05) is 24.7 Å². The SMILES string of the molecule is CC(=O)Nc1ccc(C(=O)NC[C@H](O)c2ccccc2C(F)(F)F)cc1. The molecule has 2 aromatic rings. The monoisotopic (exact) mass is 366 g/mol. The molecule has 138 valence electrons. The third-order valence-corrected chi connectivity index (χ3v) is 3.55. The number of alkyl halides is 3. The highest BCUT2D eigenvalue weighted by atomic mass is 19.4. The zero-order chi connectivity index (χ0) is 19.3. The Morgan fingerprint density at radius 2 is 1.69 bits per heavy atom. The first-order valence-electron chi connectivity index (χ1n) is 7.68. The molecule has 2 amide bonds. The molecule has 0 unspecified atom stereocenters. The number of halogens is 3. The summed E-state index contributed by atoms with van der Waals surface area (Å²) in [6.07, 6.45) is -6.10. The van der Waals surface area contributed by atoms with Crippen LogP contribution in [0, 0.1) is 0 Å². The lowest BCUT2D eigenvalue weighted by molar-refractivity contribution is -0.139. The van der Waals surface area contributed by atoms with Crippen LogP contribution < -0.4 is 10.6 Å². The van der Waals surface area contributed by atoms with Crippen molar-refractivity contribution in [1.82, 2.24) is 5.32 Å². The van der Waals surface area contributed by atoms with Gasteiger partial charge in [-0.05, 0) is 35.9 Å². The van der Waals surface area contributed by atoms with Crippen LogP contribution in [0.15, 0.2) is 48.5 Å². The number of rotatable bonds is 5. The van der Waals surface area contributed by atoms with Crippen LogP contribution >= 0.6 is 0 Å². The van der Waals surface area contributed by atoms with Gasteiger partial charge in [0.2, 0.25) is 5.91 Å². The molecule has 0 aromatic heterocycles. The number of anilines is 1. The lowest BCUT2D eigenvalue weighted by atomic mass is 10.0. The van der Waals surface area contributed by atoms with Gasteiger partial charge in [0.25, 0.3) is 5.91 Å². The van der Waals surface area contributed by atoms with Crippen molar-refractivity contribution in [3.63, 3.8) is 0 Å². The van der Waals surface area contributed by atoms with Gasteiger partial charge in [0.05, 0.1) is 11.7 Å². The zero-order valence-corrected chi connectivity index (χ0v) is 13.8. The summed E-state index contributed by atoms with van der Waals surface area (Å²) in [4.78, 5) is 23.0. The molecule has 0 saturated carbocycles. The Balaban J connectivity index is 2.02. The number of amides is 2. The number of aliphatic hydroxyl groups is 1. The molecule has 0 aliphatic heterocycles. The summed E-state index contributed by atoms with van der Waals surface area (Å²) >= 11 is 0. The van der Waals surface area contributed by atoms with E-state index < -0.39 is 23.8 Å². The smallest absolute Gasteiger partial charge is 0.387 e. The van der Waals surface area contributed by atoms with Crippen molar-refractivity contribution in [1.29, 1.82) is 0 Å². The fourth-order valence-corrected chi connectivity index (χ4v) is 2.36. The molecule has 2 rings (SSSR count). The molecule has 2 aromatic carbocycles. The van der Waals surface area contributed by atoms with Crippen molar-refractivity contribution in [2.24, 2.45) is 0 Å². The fourth-order valence-electron chi connectivity index (χ4n) is 2.36. The molecule has 5 nitrogen and oxygen atoms in total. The van der Waals surface area contributed by atoms with E-state index >= 15 is 0 Å². The quantitative estimate of drug-likeness (QED) is 0.761. The topological polar surface area (TPSA) is 78.4 Å². The summed E-state index contributed by atoms with van der Waals surface area (Å²) in [6, 6.07) is 10.6.